The van der Waals surface area contributed by atoms with Gasteiger partial charge in [-0.3, -0.25) is 0 Å². The van der Waals surface area contributed by atoms with Crippen molar-refractivity contribution in [3.8, 4) is 0 Å². The molecular weight excluding hydrogens is 248 g/mol. The molecule has 112 valence electrons. The van der Waals surface area contributed by atoms with Gasteiger partial charge in [0.2, 0.25) is 0 Å². The first-order valence-electron chi connectivity index (χ1n) is 7.72. The van der Waals surface area contributed by atoms with Crippen LogP contribution in [0.1, 0.15) is 38.3 Å². The molecule has 4 nitrogen and oxygen atoms in total. The summed E-state index contributed by atoms with van der Waals surface area (Å²) in [5.74, 6) is 1.07. The van der Waals surface area contributed by atoms with Gasteiger partial charge in [-0.1, -0.05) is 13.0 Å². The Bertz CT molecular complexity index is 403. The smallest absolute Gasteiger partial charge is 0.128 e. The number of aromatic nitrogens is 1. The minimum Gasteiger partial charge on any atom is -0.358 e. The molecule has 1 fully saturated rings. The molecule has 0 aliphatic carbocycles. The topological polar surface area (TPSA) is 31.4 Å². The fraction of sp³-hybridized carbons (Fsp3) is 0.688. The van der Waals surface area contributed by atoms with Gasteiger partial charge in [-0.2, -0.15) is 0 Å². The fourth-order valence-electron chi connectivity index (χ4n) is 2.92. The van der Waals surface area contributed by atoms with Crippen LogP contribution in [0.25, 0.3) is 0 Å². The predicted octanol–water partition coefficient (Wildman–Crippen LogP) is 2.28. The third-order valence-corrected chi connectivity index (χ3v) is 4.33. The Morgan fingerprint density at radius 2 is 2.30 bits per heavy atom. The molecular formula is C16H28N4. The summed E-state index contributed by atoms with van der Waals surface area (Å²) in [5.41, 5.74) is 1.25. The van der Waals surface area contributed by atoms with Crippen LogP contribution in [0.2, 0.25) is 0 Å². The SMILES string of the molecule is CCNC(C)c1ccc(N(C)CC2CCCN2C)nc1. The highest BCUT2D eigenvalue weighted by atomic mass is 15.2. The summed E-state index contributed by atoms with van der Waals surface area (Å²) in [4.78, 5) is 9.34. The molecule has 1 saturated heterocycles. The van der Waals surface area contributed by atoms with Gasteiger partial charge in [-0.05, 0) is 51.5 Å². The van der Waals surface area contributed by atoms with Crippen molar-refractivity contribution in [1.29, 1.82) is 0 Å². The number of nitrogens with zero attached hydrogens (tertiary/aromatic N) is 3. The van der Waals surface area contributed by atoms with Crippen LogP contribution in [-0.2, 0) is 0 Å². The lowest BCUT2D eigenvalue weighted by Gasteiger charge is -2.26. The fourth-order valence-corrected chi connectivity index (χ4v) is 2.92. The number of likely N-dealkylation sites (N-methyl/N-ethyl adjacent to an activating group) is 2. The van der Waals surface area contributed by atoms with Gasteiger partial charge >= 0.3 is 0 Å². The predicted molar refractivity (Wildman–Crippen MR) is 85.3 cm³/mol. The van der Waals surface area contributed by atoms with E-state index in [0.29, 0.717) is 12.1 Å². The number of likely N-dealkylation sites (tertiary alicyclic amines) is 1. The minimum atomic E-state index is 0.368. The van der Waals surface area contributed by atoms with Crippen LogP contribution in [0.3, 0.4) is 0 Å². The molecule has 2 unspecified atom stereocenters. The van der Waals surface area contributed by atoms with Gasteiger partial charge in [0.1, 0.15) is 5.82 Å². The van der Waals surface area contributed by atoms with Gasteiger partial charge in [0.15, 0.2) is 0 Å². The van der Waals surface area contributed by atoms with Gasteiger partial charge in [0.05, 0.1) is 0 Å². The molecule has 2 heterocycles. The largest absolute Gasteiger partial charge is 0.358 e. The van der Waals surface area contributed by atoms with Crippen molar-refractivity contribution >= 4 is 5.82 Å². The lowest BCUT2D eigenvalue weighted by atomic mass is 10.1. The third-order valence-electron chi connectivity index (χ3n) is 4.33. The van der Waals surface area contributed by atoms with E-state index in [2.05, 4.69) is 60.2 Å². The van der Waals surface area contributed by atoms with E-state index in [1.807, 2.05) is 6.20 Å². The van der Waals surface area contributed by atoms with E-state index in [0.717, 1.165) is 18.9 Å². The number of pyridine rings is 1. The van der Waals surface area contributed by atoms with Crippen molar-refractivity contribution < 1.29 is 0 Å². The quantitative estimate of drug-likeness (QED) is 0.864. The summed E-state index contributed by atoms with van der Waals surface area (Å²) in [6.07, 6.45) is 4.62. The van der Waals surface area contributed by atoms with Crippen LogP contribution in [0.15, 0.2) is 18.3 Å². The van der Waals surface area contributed by atoms with Crippen molar-refractivity contribution in [2.45, 2.75) is 38.8 Å². The van der Waals surface area contributed by atoms with Crippen LogP contribution in [0, 0.1) is 0 Å². The zero-order chi connectivity index (χ0) is 14.5. The second kappa shape index (κ2) is 7.04. The normalized spacial score (nSPS) is 21.1. The summed E-state index contributed by atoms with van der Waals surface area (Å²) < 4.78 is 0. The van der Waals surface area contributed by atoms with E-state index in [9.17, 15) is 0 Å². The minimum absolute atomic E-state index is 0.368. The maximum absolute atomic E-state index is 4.62. The average molecular weight is 276 g/mol. The van der Waals surface area contributed by atoms with E-state index in [-0.39, 0.29) is 0 Å². The Labute approximate surface area is 123 Å². The highest BCUT2D eigenvalue weighted by Crippen LogP contribution is 2.19. The monoisotopic (exact) mass is 276 g/mol. The Balaban J connectivity index is 1.95. The van der Waals surface area contributed by atoms with Crippen LogP contribution < -0.4 is 10.2 Å². The first-order valence-corrected chi connectivity index (χ1v) is 7.72. The zero-order valence-electron chi connectivity index (χ0n) is 13.3. The summed E-state index contributed by atoms with van der Waals surface area (Å²) in [7, 11) is 4.36. The molecule has 20 heavy (non-hydrogen) atoms. The molecule has 2 rings (SSSR count). The maximum atomic E-state index is 4.62. The molecule has 1 aromatic heterocycles. The number of anilines is 1. The second-order valence-corrected chi connectivity index (χ2v) is 5.89. The third kappa shape index (κ3) is 3.70. The molecule has 1 N–H and O–H groups in total. The summed E-state index contributed by atoms with van der Waals surface area (Å²) in [6, 6.07) is 5.36. The Morgan fingerprint density at radius 3 is 2.85 bits per heavy atom. The van der Waals surface area contributed by atoms with Gasteiger partial charge in [-0.15, -0.1) is 0 Å². The molecule has 0 aromatic carbocycles. The van der Waals surface area contributed by atoms with E-state index in [1.54, 1.807) is 0 Å². The highest BCUT2D eigenvalue weighted by molar-refractivity contribution is 5.39. The van der Waals surface area contributed by atoms with Crippen LogP contribution in [-0.4, -0.2) is 49.7 Å². The van der Waals surface area contributed by atoms with Gasteiger partial charge in [-0.25, -0.2) is 4.98 Å². The Kier molecular flexibility index (Phi) is 5.38. The molecule has 1 aliphatic rings. The van der Waals surface area contributed by atoms with Crippen molar-refractivity contribution in [2.75, 3.05) is 38.6 Å². The lowest BCUT2D eigenvalue weighted by Crippen LogP contribution is -2.36. The molecule has 2 atom stereocenters. The molecule has 0 radical (unpaired) electrons. The summed E-state index contributed by atoms with van der Waals surface area (Å²) in [5, 5.41) is 3.41. The van der Waals surface area contributed by atoms with E-state index < -0.39 is 0 Å². The second-order valence-electron chi connectivity index (χ2n) is 5.89. The maximum Gasteiger partial charge on any atom is 0.128 e. The van der Waals surface area contributed by atoms with Crippen LogP contribution in [0.4, 0.5) is 5.82 Å². The van der Waals surface area contributed by atoms with Crippen molar-refractivity contribution in [1.82, 2.24) is 15.2 Å². The molecule has 0 bridgehead atoms. The van der Waals surface area contributed by atoms with Crippen molar-refractivity contribution in [2.24, 2.45) is 0 Å². The van der Waals surface area contributed by atoms with Crippen molar-refractivity contribution in [3.63, 3.8) is 0 Å². The Hall–Kier alpha value is -1.13. The van der Waals surface area contributed by atoms with Crippen LogP contribution in [0.5, 0.6) is 0 Å². The molecule has 0 saturated carbocycles. The summed E-state index contributed by atoms with van der Waals surface area (Å²) >= 11 is 0. The standard InChI is InChI=1S/C16H28N4/c1-5-17-13(2)14-8-9-16(18-11-14)20(4)12-15-7-6-10-19(15)3/h8-9,11,13,15,17H,5-7,10,12H2,1-4H3. The lowest BCUT2D eigenvalue weighted by molar-refractivity contribution is 0.314. The number of hydrogen-bond acceptors (Lipinski definition) is 4. The molecule has 1 aromatic rings. The average Bonchev–Trinajstić information content (AvgIpc) is 2.85. The molecule has 4 heteroatoms. The Morgan fingerprint density at radius 1 is 1.50 bits per heavy atom. The van der Waals surface area contributed by atoms with Gasteiger partial charge in [0.25, 0.3) is 0 Å². The first kappa shape index (κ1) is 15.3. The first-order chi connectivity index (χ1) is 9.61. The zero-order valence-corrected chi connectivity index (χ0v) is 13.3. The molecule has 0 amide bonds. The molecule has 0 spiro atoms. The molecule has 1 aliphatic heterocycles. The van der Waals surface area contributed by atoms with E-state index >= 15 is 0 Å². The highest BCUT2D eigenvalue weighted by Gasteiger charge is 2.22. The number of nitrogens with one attached hydrogen (secondary N) is 1. The van der Waals surface area contributed by atoms with Gasteiger partial charge in [0, 0.05) is 31.9 Å². The number of hydrogen-bond donors (Lipinski definition) is 1. The summed E-state index contributed by atoms with van der Waals surface area (Å²) in [6.45, 7) is 7.58. The van der Waals surface area contributed by atoms with Gasteiger partial charge < -0.3 is 15.1 Å². The number of rotatable bonds is 6. The van der Waals surface area contributed by atoms with Crippen LogP contribution >= 0.6 is 0 Å². The van der Waals surface area contributed by atoms with E-state index in [4.69, 9.17) is 0 Å². The van der Waals surface area contributed by atoms with Crippen molar-refractivity contribution in [3.05, 3.63) is 23.9 Å². The van der Waals surface area contributed by atoms with E-state index in [1.165, 1.54) is 24.9 Å².